The Morgan fingerprint density at radius 1 is 1.14 bits per heavy atom. The zero-order valence-corrected chi connectivity index (χ0v) is 13.0. The van der Waals surface area contributed by atoms with Gasteiger partial charge in [-0.1, -0.05) is 35.6 Å². The van der Waals surface area contributed by atoms with Crippen molar-refractivity contribution in [3.63, 3.8) is 0 Å². The van der Waals surface area contributed by atoms with Crippen molar-refractivity contribution in [2.45, 2.75) is 44.7 Å². The summed E-state index contributed by atoms with van der Waals surface area (Å²) < 4.78 is 0. The molecule has 2 N–H and O–H groups in total. The number of aryl methyl sites for hydroxylation is 2. The van der Waals surface area contributed by atoms with Crippen LogP contribution in [-0.4, -0.2) is 11.5 Å². The third-order valence-electron chi connectivity index (χ3n) is 4.61. The minimum absolute atomic E-state index is 0.208. The summed E-state index contributed by atoms with van der Waals surface area (Å²) in [4.78, 5) is 8.68. The fourth-order valence-electron chi connectivity index (χ4n) is 3.44. The summed E-state index contributed by atoms with van der Waals surface area (Å²) in [5, 5.41) is 1.18. The number of anilines is 1. The zero-order chi connectivity index (χ0) is 14.2. The molecule has 1 aromatic carbocycles. The molecule has 110 valence electrons. The lowest BCUT2D eigenvalue weighted by atomic mass is 9.99. The summed E-state index contributed by atoms with van der Waals surface area (Å²) in [6, 6.07) is 9.02. The summed E-state index contributed by atoms with van der Waals surface area (Å²) in [6.45, 7) is 2.08. The number of nitrogens with zero attached hydrogens (tertiary/aromatic N) is 2. The fraction of sp³-hybridized carbons (Fsp3) is 0.471. The van der Waals surface area contributed by atoms with Crippen LogP contribution in [0.25, 0.3) is 0 Å². The zero-order valence-electron chi connectivity index (χ0n) is 12.2. The molecule has 1 atom stereocenters. The van der Waals surface area contributed by atoms with Crippen LogP contribution in [-0.2, 0) is 19.4 Å². The predicted molar refractivity (Wildman–Crippen MR) is 87.8 cm³/mol. The van der Waals surface area contributed by atoms with E-state index in [0.717, 1.165) is 25.9 Å². The van der Waals surface area contributed by atoms with Crippen molar-refractivity contribution in [1.29, 1.82) is 0 Å². The highest BCUT2D eigenvalue weighted by atomic mass is 32.1. The van der Waals surface area contributed by atoms with Crippen molar-refractivity contribution < 1.29 is 0 Å². The van der Waals surface area contributed by atoms with E-state index in [-0.39, 0.29) is 6.04 Å². The van der Waals surface area contributed by atoms with E-state index >= 15 is 0 Å². The van der Waals surface area contributed by atoms with Crippen LogP contribution in [0.15, 0.2) is 24.3 Å². The third-order valence-corrected chi connectivity index (χ3v) is 5.90. The fourth-order valence-corrected chi connectivity index (χ4v) is 4.61. The largest absolute Gasteiger partial charge is 0.344 e. The topological polar surface area (TPSA) is 42.1 Å². The molecule has 4 heteroatoms. The van der Waals surface area contributed by atoms with Crippen LogP contribution in [0.3, 0.4) is 0 Å². The Bertz CT molecular complexity index is 649. The van der Waals surface area contributed by atoms with E-state index in [4.69, 9.17) is 10.7 Å². The lowest BCUT2D eigenvalue weighted by Gasteiger charge is -2.19. The van der Waals surface area contributed by atoms with Gasteiger partial charge in [-0.05, 0) is 43.2 Å². The molecule has 1 aliphatic heterocycles. The number of benzene rings is 1. The summed E-state index contributed by atoms with van der Waals surface area (Å²) >= 11 is 1.82. The van der Waals surface area contributed by atoms with Gasteiger partial charge >= 0.3 is 0 Å². The second-order valence-electron chi connectivity index (χ2n) is 6.10. The molecule has 4 rings (SSSR count). The average molecular weight is 299 g/mol. The number of hydrogen-bond acceptors (Lipinski definition) is 4. The monoisotopic (exact) mass is 299 g/mol. The molecule has 2 heterocycles. The molecule has 21 heavy (non-hydrogen) atoms. The maximum Gasteiger partial charge on any atom is 0.186 e. The van der Waals surface area contributed by atoms with E-state index in [9.17, 15) is 0 Å². The van der Waals surface area contributed by atoms with Crippen molar-refractivity contribution in [2.24, 2.45) is 5.73 Å². The van der Waals surface area contributed by atoms with Gasteiger partial charge in [0.05, 0.1) is 5.69 Å². The highest BCUT2D eigenvalue weighted by Gasteiger charge is 2.24. The van der Waals surface area contributed by atoms with Gasteiger partial charge in [-0.2, -0.15) is 0 Å². The van der Waals surface area contributed by atoms with Gasteiger partial charge in [-0.25, -0.2) is 4.98 Å². The molecule has 1 aliphatic carbocycles. The predicted octanol–water partition coefficient (Wildman–Crippen LogP) is 3.43. The summed E-state index contributed by atoms with van der Waals surface area (Å²) in [5.41, 5.74) is 10.5. The van der Waals surface area contributed by atoms with Crippen molar-refractivity contribution in [2.75, 3.05) is 11.4 Å². The van der Waals surface area contributed by atoms with Gasteiger partial charge < -0.3 is 10.6 Å². The smallest absolute Gasteiger partial charge is 0.186 e. The van der Waals surface area contributed by atoms with Crippen LogP contribution in [0.4, 0.5) is 5.13 Å². The van der Waals surface area contributed by atoms with Crippen LogP contribution in [0, 0.1) is 0 Å². The first kappa shape index (κ1) is 13.3. The Hall–Kier alpha value is -1.39. The molecule has 0 fully saturated rings. The Morgan fingerprint density at radius 3 is 2.86 bits per heavy atom. The molecule has 0 bridgehead atoms. The quantitative estimate of drug-likeness (QED) is 0.877. The first-order valence-corrected chi connectivity index (χ1v) is 8.70. The van der Waals surface area contributed by atoms with Gasteiger partial charge in [0.2, 0.25) is 0 Å². The van der Waals surface area contributed by atoms with E-state index in [1.807, 2.05) is 11.3 Å². The molecule has 0 saturated carbocycles. The molecule has 0 spiro atoms. The molecule has 3 nitrogen and oxygen atoms in total. The van der Waals surface area contributed by atoms with E-state index in [1.54, 1.807) is 0 Å². The minimum atomic E-state index is 0.208. The lowest BCUT2D eigenvalue weighted by Crippen LogP contribution is -2.22. The Balaban J connectivity index is 1.65. The van der Waals surface area contributed by atoms with E-state index in [0.29, 0.717) is 0 Å². The highest BCUT2D eigenvalue weighted by molar-refractivity contribution is 7.15. The summed E-state index contributed by atoms with van der Waals surface area (Å²) in [7, 11) is 0. The lowest BCUT2D eigenvalue weighted by molar-refractivity contribution is 0.573. The number of nitrogens with two attached hydrogens (primary N) is 1. The Morgan fingerprint density at radius 2 is 2.00 bits per heavy atom. The minimum Gasteiger partial charge on any atom is -0.344 e. The molecule has 2 aromatic rings. The standard InChI is InChI=1S/C17H21N3S/c18-14-8-3-9-15-16(14)21-17(19-15)20-10-4-7-12-5-1-2-6-13(12)11-20/h1-2,5-6,14H,3-4,7-11,18H2. The van der Waals surface area contributed by atoms with Gasteiger partial charge in [0.1, 0.15) is 0 Å². The number of aromatic nitrogens is 1. The van der Waals surface area contributed by atoms with Crippen LogP contribution in [0.5, 0.6) is 0 Å². The third kappa shape index (κ3) is 2.47. The number of fused-ring (bicyclic) bond motifs is 2. The van der Waals surface area contributed by atoms with Crippen molar-refractivity contribution >= 4 is 16.5 Å². The first-order valence-electron chi connectivity index (χ1n) is 7.88. The van der Waals surface area contributed by atoms with Gasteiger partial charge in [0, 0.05) is 24.0 Å². The first-order chi connectivity index (χ1) is 10.3. The molecule has 1 aromatic heterocycles. The number of hydrogen-bond donors (Lipinski definition) is 1. The van der Waals surface area contributed by atoms with Crippen LogP contribution in [0.2, 0.25) is 0 Å². The molecular weight excluding hydrogens is 278 g/mol. The highest BCUT2D eigenvalue weighted by Crippen LogP contribution is 2.37. The molecule has 0 radical (unpaired) electrons. The average Bonchev–Trinajstić information content (AvgIpc) is 2.82. The van der Waals surface area contributed by atoms with Gasteiger partial charge in [0.25, 0.3) is 0 Å². The SMILES string of the molecule is NC1CCCc2nc(N3CCCc4ccccc4C3)sc21. The molecule has 0 saturated heterocycles. The van der Waals surface area contributed by atoms with Crippen LogP contribution < -0.4 is 10.6 Å². The molecule has 0 amide bonds. The van der Waals surface area contributed by atoms with Crippen molar-refractivity contribution in [1.82, 2.24) is 4.98 Å². The molecule has 1 unspecified atom stereocenters. The molecule has 2 aliphatic rings. The van der Waals surface area contributed by atoms with Gasteiger partial charge in [-0.15, -0.1) is 0 Å². The Kier molecular flexibility index (Phi) is 3.43. The van der Waals surface area contributed by atoms with Crippen molar-refractivity contribution in [3.05, 3.63) is 46.0 Å². The van der Waals surface area contributed by atoms with E-state index in [2.05, 4.69) is 29.2 Å². The Labute approximate surface area is 129 Å². The second kappa shape index (κ2) is 5.43. The maximum atomic E-state index is 6.25. The molecular formula is C17H21N3S. The van der Waals surface area contributed by atoms with E-state index in [1.165, 1.54) is 46.1 Å². The number of thiazole rings is 1. The van der Waals surface area contributed by atoms with Crippen LogP contribution in [0.1, 0.15) is 47.0 Å². The maximum absolute atomic E-state index is 6.25. The number of rotatable bonds is 1. The summed E-state index contributed by atoms with van der Waals surface area (Å²) in [5.74, 6) is 0. The normalized spacial score (nSPS) is 21.6. The second-order valence-corrected chi connectivity index (χ2v) is 7.11. The van der Waals surface area contributed by atoms with Crippen molar-refractivity contribution in [3.8, 4) is 0 Å². The van der Waals surface area contributed by atoms with E-state index < -0.39 is 0 Å². The van der Waals surface area contributed by atoms with Crippen LogP contribution >= 0.6 is 11.3 Å². The van der Waals surface area contributed by atoms with Gasteiger partial charge in [-0.3, -0.25) is 0 Å². The summed E-state index contributed by atoms with van der Waals surface area (Å²) in [6.07, 6.45) is 5.77. The van der Waals surface area contributed by atoms with Gasteiger partial charge in [0.15, 0.2) is 5.13 Å².